The van der Waals surface area contributed by atoms with Gasteiger partial charge in [0.1, 0.15) is 6.04 Å². The molecular weight excluding hydrogens is 330 g/mol. The van der Waals surface area contributed by atoms with Crippen LogP contribution in [0, 0.1) is 5.92 Å². The van der Waals surface area contributed by atoms with Crippen LogP contribution in [0.25, 0.3) is 0 Å². The van der Waals surface area contributed by atoms with Gasteiger partial charge < -0.3 is 14.9 Å². The molecule has 0 spiro atoms. The predicted octanol–water partition coefficient (Wildman–Crippen LogP) is 1.10. The van der Waals surface area contributed by atoms with Gasteiger partial charge in [-0.2, -0.15) is 0 Å². The second-order valence-electron chi connectivity index (χ2n) is 6.99. The highest BCUT2D eigenvalue weighted by atomic mass is 16.7. The minimum Gasteiger partial charge on any atom is -0.480 e. The SMILES string of the molecule is CC(C)CCC(NC1CCN2CCCC(OC(=O)O)N2C1=O)C(=O)O. The molecule has 142 valence electrons. The van der Waals surface area contributed by atoms with Gasteiger partial charge in [-0.1, -0.05) is 13.8 Å². The van der Waals surface area contributed by atoms with E-state index in [4.69, 9.17) is 9.84 Å². The zero-order chi connectivity index (χ0) is 18.6. The average Bonchev–Trinajstić information content (AvgIpc) is 2.52. The summed E-state index contributed by atoms with van der Waals surface area (Å²) < 4.78 is 4.85. The van der Waals surface area contributed by atoms with E-state index in [0.717, 1.165) is 12.8 Å². The molecule has 0 aliphatic carbocycles. The van der Waals surface area contributed by atoms with Crippen LogP contribution < -0.4 is 5.32 Å². The molecule has 2 saturated heterocycles. The van der Waals surface area contributed by atoms with Crippen molar-refractivity contribution >= 4 is 18.0 Å². The summed E-state index contributed by atoms with van der Waals surface area (Å²) in [5, 5.41) is 24.4. The summed E-state index contributed by atoms with van der Waals surface area (Å²) in [6, 6.07) is -1.45. The first-order valence-electron chi connectivity index (χ1n) is 8.76. The van der Waals surface area contributed by atoms with Crippen molar-refractivity contribution in [3.8, 4) is 0 Å². The highest BCUT2D eigenvalue weighted by Gasteiger charge is 2.43. The summed E-state index contributed by atoms with van der Waals surface area (Å²) in [6.07, 6.45) is 0.585. The van der Waals surface area contributed by atoms with E-state index in [9.17, 15) is 19.5 Å². The standard InChI is InChI=1S/C16H27N3O6/c1-10(2)5-6-12(15(21)22)17-11-7-9-18-8-3-4-13(25-16(23)24)19(18)14(11)20/h10-13,17H,3-9H2,1-2H3,(H,21,22)(H,23,24). The number of amides is 1. The first-order valence-corrected chi connectivity index (χ1v) is 8.76. The summed E-state index contributed by atoms with van der Waals surface area (Å²) in [4.78, 5) is 35.2. The number of carbonyl (C=O) groups excluding carboxylic acids is 1. The number of fused-ring (bicyclic) bond motifs is 1. The van der Waals surface area contributed by atoms with Crippen molar-refractivity contribution in [2.45, 2.75) is 64.3 Å². The lowest BCUT2D eigenvalue weighted by Gasteiger charge is -2.47. The number of hydrazine groups is 1. The predicted molar refractivity (Wildman–Crippen MR) is 87.6 cm³/mol. The van der Waals surface area contributed by atoms with Gasteiger partial charge in [-0.3, -0.25) is 14.9 Å². The fraction of sp³-hybridized carbons (Fsp3) is 0.812. The lowest BCUT2D eigenvalue weighted by atomic mass is 10.0. The van der Waals surface area contributed by atoms with Crippen LogP contribution in [-0.4, -0.2) is 69.7 Å². The van der Waals surface area contributed by atoms with Crippen LogP contribution >= 0.6 is 0 Å². The van der Waals surface area contributed by atoms with E-state index in [-0.39, 0.29) is 5.91 Å². The number of nitrogens with one attached hydrogen (secondary N) is 1. The maximum absolute atomic E-state index is 12.8. The van der Waals surface area contributed by atoms with E-state index < -0.39 is 30.4 Å². The van der Waals surface area contributed by atoms with Crippen LogP contribution in [0.1, 0.15) is 46.0 Å². The molecule has 0 saturated carbocycles. The lowest BCUT2D eigenvalue weighted by Crippen LogP contribution is -2.66. The topological polar surface area (TPSA) is 119 Å². The number of hydrogen-bond acceptors (Lipinski definition) is 6. The van der Waals surface area contributed by atoms with Gasteiger partial charge in [0.2, 0.25) is 0 Å². The smallest absolute Gasteiger partial charge is 0.480 e. The number of carboxylic acids is 1. The Morgan fingerprint density at radius 3 is 2.56 bits per heavy atom. The Labute approximate surface area is 146 Å². The molecule has 3 atom stereocenters. The van der Waals surface area contributed by atoms with E-state index in [1.165, 1.54) is 5.01 Å². The molecule has 2 rings (SSSR count). The molecule has 3 unspecified atom stereocenters. The number of rotatable bonds is 7. The van der Waals surface area contributed by atoms with Gasteiger partial charge in [0.05, 0.1) is 6.04 Å². The van der Waals surface area contributed by atoms with Crippen molar-refractivity contribution in [1.82, 2.24) is 15.3 Å². The molecule has 0 aromatic rings. The molecule has 2 heterocycles. The minimum atomic E-state index is -1.42. The quantitative estimate of drug-likeness (QED) is 0.580. The number of nitrogens with zero attached hydrogens (tertiary/aromatic N) is 2. The van der Waals surface area contributed by atoms with Crippen molar-refractivity contribution in [2.75, 3.05) is 13.1 Å². The second-order valence-corrected chi connectivity index (χ2v) is 6.99. The first kappa shape index (κ1) is 19.5. The summed E-state index contributed by atoms with van der Waals surface area (Å²) in [6.45, 7) is 5.25. The third kappa shape index (κ3) is 5.05. The molecule has 3 N–H and O–H groups in total. The Bertz CT molecular complexity index is 512. The summed E-state index contributed by atoms with van der Waals surface area (Å²) in [7, 11) is 0. The maximum atomic E-state index is 12.8. The molecule has 9 nitrogen and oxygen atoms in total. The van der Waals surface area contributed by atoms with Crippen LogP contribution in [0.2, 0.25) is 0 Å². The molecule has 9 heteroatoms. The average molecular weight is 357 g/mol. The Kier molecular flexibility index (Phi) is 6.60. The van der Waals surface area contributed by atoms with Crippen LogP contribution in [0.5, 0.6) is 0 Å². The van der Waals surface area contributed by atoms with Crippen molar-refractivity contribution in [1.29, 1.82) is 0 Å². The number of carboxylic acid groups (broad SMARTS) is 2. The maximum Gasteiger partial charge on any atom is 0.507 e. The highest BCUT2D eigenvalue weighted by molar-refractivity contribution is 5.84. The van der Waals surface area contributed by atoms with Crippen molar-refractivity contribution in [3.63, 3.8) is 0 Å². The largest absolute Gasteiger partial charge is 0.507 e. The Balaban J connectivity index is 2.05. The zero-order valence-corrected chi connectivity index (χ0v) is 14.7. The van der Waals surface area contributed by atoms with Gasteiger partial charge in [-0.05, 0) is 31.6 Å². The van der Waals surface area contributed by atoms with E-state index >= 15 is 0 Å². The molecule has 0 aromatic carbocycles. The van der Waals surface area contributed by atoms with E-state index in [1.54, 1.807) is 5.01 Å². The third-order valence-electron chi connectivity index (χ3n) is 4.61. The Hall–Kier alpha value is -1.87. The fourth-order valence-corrected chi connectivity index (χ4v) is 3.32. The van der Waals surface area contributed by atoms with Gasteiger partial charge in [0.25, 0.3) is 5.91 Å². The fourth-order valence-electron chi connectivity index (χ4n) is 3.32. The molecule has 2 aliphatic rings. The molecule has 2 aliphatic heterocycles. The second kappa shape index (κ2) is 8.48. The third-order valence-corrected chi connectivity index (χ3v) is 4.61. The van der Waals surface area contributed by atoms with Crippen LogP contribution in [0.4, 0.5) is 4.79 Å². The minimum absolute atomic E-state index is 0.326. The summed E-state index contributed by atoms with van der Waals surface area (Å²) in [5.41, 5.74) is 0. The summed E-state index contributed by atoms with van der Waals surface area (Å²) >= 11 is 0. The summed E-state index contributed by atoms with van der Waals surface area (Å²) in [5.74, 6) is -0.933. The highest BCUT2D eigenvalue weighted by Crippen LogP contribution is 2.25. The molecular formula is C16H27N3O6. The molecule has 0 radical (unpaired) electrons. The van der Waals surface area contributed by atoms with Crippen molar-refractivity contribution in [2.24, 2.45) is 5.92 Å². The number of aliphatic carboxylic acids is 1. The Morgan fingerprint density at radius 1 is 1.24 bits per heavy atom. The van der Waals surface area contributed by atoms with Gasteiger partial charge in [0.15, 0.2) is 6.23 Å². The molecule has 25 heavy (non-hydrogen) atoms. The molecule has 0 aromatic heterocycles. The van der Waals surface area contributed by atoms with Gasteiger partial charge in [-0.25, -0.2) is 14.8 Å². The normalized spacial score (nSPS) is 25.6. The van der Waals surface area contributed by atoms with E-state index in [1.807, 2.05) is 13.8 Å². The van der Waals surface area contributed by atoms with Gasteiger partial charge in [-0.15, -0.1) is 0 Å². The van der Waals surface area contributed by atoms with Crippen LogP contribution in [-0.2, 0) is 14.3 Å². The van der Waals surface area contributed by atoms with Gasteiger partial charge in [0, 0.05) is 19.5 Å². The van der Waals surface area contributed by atoms with Gasteiger partial charge >= 0.3 is 12.1 Å². The van der Waals surface area contributed by atoms with E-state index in [0.29, 0.717) is 38.3 Å². The number of hydrogen-bond donors (Lipinski definition) is 3. The Morgan fingerprint density at radius 2 is 1.96 bits per heavy atom. The lowest BCUT2D eigenvalue weighted by molar-refractivity contribution is -0.202. The molecule has 2 fully saturated rings. The van der Waals surface area contributed by atoms with Crippen LogP contribution in [0.15, 0.2) is 0 Å². The number of carbonyl (C=O) groups is 3. The van der Waals surface area contributed by atoms with Crippen molar-refractivity contribution < 1.29 is 29.3 Å². The van der Waals surface area contributed by atoms with Crippen LogP contribution in [0.3, 0.4) is 0 Å². The first-order chi connectivity index (χ1) is 11.8. The van der Waals surface area contributed by atoms with Crippen molar-refractivity contribution in [3.05, 3.63) is 0 Å². The monoisotopic (exact) mass is 357 g/mol. The zero-order valence-electron chi connectivity index (χ0n) is 14.7. The molecule has 0 bridgehead atoms. The number of ether oxygens (including phenoxy) is 1. The molecule has 1 amide bonds. The van der Waals surface area contributed by atoms with E-state index in [2.05, 4.69) is 5.32 Å².